The summed E-state index contributed by atoms with van der Waals surface area (Å²) >= 11 is 0. The predicted molar refractivity (Wildman–Crippen MR) is 125 cm³/mol. The number of sulfonamides is 1. The molecular weight excluding hydrogens is 468 g/mol. The van der Waals surface area contributed by atoms with Gasteiger partial charge in [-0.1, -0.05) is 12.2 Å². The van der Waals surface area contributed by atoms with Gasteiger partial charge in [0.25, 0.3) is 10.0 Å². The zero-order valence-corrected chi connectivity index (χ0v) is 19.7. The van der Waals surface area contributed by atoms with E-state index in [1.54, 1.807) is 18.2 Å². The third kappa shape index (κ3) is 5.23. The molecule has 3 rings (SSSR count). The maximum absolute atomic E-state index is 15.1. The summed E-state index contributed by atoms with van der Waals surface area (Å²) in [6, 6.07) is 10.4. The number of hydrogen-bond donors (Lipinski definition) is 1. The molecule has 0 saturated carbocycles. The Bertz CT molecular complexity index is 1280. The lowest BCUT2D eigenvalue weighted by atomic mass is 10.1. The number of hydrogen-bond acceptors (Lipinski definition) is 6. The van der Waals surface area contributed by atoms with Gasteiger partial charge in [-0.05, 0) is 54.1 Å². The van der Waals surface area contributed by atoms with Crippen LogP contribution in [-0.2, 0) is 10.0 Å². The highest BCUT2D eigenvalue weighted by atomic mass is 32.2. The molecule has 0 radical (unpaired) electrons. The van der Waals surface area contributed by atoms with E-state index in [1.165, 1.54) is 46.6 Å². The Morgan fingerprint density at radius 3 is 1.88 bits per heavy atom. The Kier molecular flexibility index (Phi) is 7.62. The molecular formula is C24H23F2NO6S. The number of benzene rings is 3. The minimum atomic E-state index is -4.22. The van der Waals surface area contributed by atoms with Crippen molar-refractivity contribution in [2.24, 2.45) is 0 Å². The third-order valence-electron chi connectivity index (χ3n) is 4.86. The average molecular weight is 492 g/mol. The maximum Gasteiger partial charge on any atom is 0.262 e. The van der Waals surface area contributed by atoms with Crippen LogP contribution in [0.25, 0.3) is 12.2 Å². The minimum absolute atomic E-state index is 0.151. The van der Waals surface area contributed by atoms with Crippen molar-refractivity contribution in [1.82, 2.24) is 0 Å². The zero-order valence-electron chi connectivity index (χ0n) is 18.9. The van der Waals surface area contributed by atoms with Gasteiger partial charge in [-0.2, -0.15) is 0 Å². The molecule has 7 nitrogen and oxygen atoms in total. The normalized spacial score (nSPS) is 11.4. The second-order valence-electron chi connectivity index (χ2n) is 6.90. The van der Waals surface area contributed by atoms with Crippen molar-refractivity contribution in [2.75, 3.05) is 33.2 Å². The Labute approximate surface area is 196 Å². The predicted octanol–water partition coefficient (Wildman–Crippen LogP) is 4.97. The summed E-state index contributed by atoms with van der Waals surface area (Å²) < 4.78 is 77.2. The number of ether oxygens (including phenoxy) is 4. The van der Waals surface area contributed by atoms with E-state index in [2.05, 4.69) is 4.72 Å². The fourth-order valence-corrected chi connectivity index (χ4v) is 4.25. The standard InChI is InChI=1S/C24H23F2NO6S/c1-30-19-12-7-16(6-5-15-13-20(31-2)24(33-4)21(14-15)32-3)23(22(19)26)27-34(28,29)18-10-8-17(25)9-11-18/h5-14,27H,1-4H3/b6-5-. The third-order valence-corrected chi connectivity index (χ3v) is 6.23. The number of nitrogens with one attached hydrogen (secondary N) is 1. The molecule has 3 aromatic carbocycles. The van der Waals surface area contributed by atoms with Crippen LogP contribution in [0.2, 0.25) is 0 Å². The molecule has 0 bridgehead atoms. The molecule has 10 heteroatoms. The van der Waals surface area contributed by atoms with Gasteiger partial charge in [-0.25, -0.2) is 17.2 Å². The van der Waals surface area contributed by atoms with E-state index >= 15 is 4.39 Å². The molecule has 0 aliphatic rings. The lowest BCUT2D eigenvalue weighted by molar-refractivity contribution is 0.324. The van der Waals surface area contributed by atoms with Gasteiger partial charge in [0.15, 0.2) is 23.1 Å². The minimum Gasteiger partial charge on any atom is -0.494 e. The van der Waals surface area contributed by atoms with Crippen LogP contribution in [0.4, 0.5) is 14.5 Å². The first-order chi connectivity index (χ1) is 16.2. The first-order valence-electron chi connectivity index (χ1n) is 9.87. The van der Waals surface area contributed by atoms with Gasteiger partial charge in [0.05, 0.1) is 39.0 Å². The molecule has 0 fully saturated rings. The number of halogens is 2. The number of anilines is 1. The quantitative estimate of drug-likeness (QED) is 0.426. The molecule has 0 saturated heterocycles. The average Bonchev–Trinajstić information content (AvgIpc) is 2.83. The summed E-state index contributed by atoms with van der Waals surface area (Å²) in [5, 5.41) is 0. The van der Waals surface area contributed by atoms with Crippen molar-refractivity contribution in [2.45, 2.75) is 4.90 Å². The summed E-state index contributed by atoms with van der Waals surface area (Å²) in [5.41, 5.74) is 0.517. The topological polar surface area (TPSA) is 83.1 Å². The van der Waals surface area contributed by atoms with Crippen LogP contribution in [0, 0.1) is 11.6 Å². The molecule has 0 aliphatic carbocycles. The molecule has 0 unspecified atom stereocenters. The Morgan fingerprint density at radius 1 is 0.765 bits per heavy atom. The molecule has 0 spiro atoms. The van der Waals surface area contributed by atoms with Gasteiger partial charge in [-0.3, -0.25) is 4.72 Å². The second-order valence-corrected chi connectivity index (χ2v) is 8.58. The molecule has 0 atom stereocenters. The molecule has 34 heavy (non-hydrogen) atoms. The maximum atomic E-state index is 15.1. The van der Waals surface area contributed by atoms with Crippen molar-refractivity contribution in [3.63, 3.8) is 0 Å². The van der Waals surface area contributed by atoms with Crippen molar-refractivity contribution < 1.29 is 36.1 Å². The smallest absolute Gasteiger partial charge is 0.262 e. The number of rotatable bonds is 9. The van der Waals surface area contributed by atoms with Gasteiger partial charge < -0.3 is 18.9 Å². The van der Waals surface area contributed by atoms with Crippen LogP contribution < -0.4 is 23.7 Å². The fraction of sp³-hybridized carbons (Fsp3) is 0.167. The van der Waals surface area contributed by atoms with E-state index in [-0.39, 0.29) is 21.9 Å². The first-order valence-corrected chi connectivity index (χ1v) is 11.3. The summed E-state index contributed by atoms with van der Waals surface area (Å²) in [4.78, 5) is -0.226. The molecule has 3 aromatic rings. The van der Waals surface area contributed by atoms with Crippen LogP contribution in [0.3, 0.4) is 0 Å². The van der Waals surface area contributed by atoms with Crippen molar-refractivity contribution >= 4 is 27.9 Å². The summed E-state index contributed by atoms with van der Waals surface area (Å²) in [6.07, 6.45) is 3.15. The molecule has 1 N–H and O–H groups in total. The lowest BCUT2D eigenvalue weighted by Crippen LogP contribution is -2.15. The highest BCUT2D eigenvalue weighted by Gasteiger charge is 2.21. The van der Waals surface area contributed by atoms with Crippen LogP contribution in [0.5, 0.6) is 23.0 Å². The van der Waals surface area contributed by atoms with Gasteiger partial charge >= 0.3 is 0 Å². The number of methoxy groups -OCH3 is 4. The fourth-order valence-electron chi connectivity index (χ4n) is 3.16. The van der Waals surface area contributed by atoms with Crippen molar-refractivity contribution in [3.05, 3.63) is 71.3 Å². The lowest BCUT2D eigenvalue weighted by Gasteiger charge is -2.14. The monoisotopic (exact) mass is 491 g/mol. The molecule has 0 aliphatic heterocycles. The Balaban J connectivity index is 2.05. The summed E-state index contributed by atoms with van der Waals surface area (Å²) in [5.74, 6) is -0.410. The summed E-state index contributed by atoms with van der Waals surface area (Å²) in [6.45, 7) is 0. The van der Waals surface area contributed by atoms with Gasteiger partial charge in [-0.15, -0.1) is 0 Å². The highest BCUT2D eigenvalue weighted by molar-refractivity contribution is 7.92. The highest BCUT2D eigenvalue weighted by Crippen LogP contribution is 2.39. The van der Waals surface area contributed by atoms with Crippen LogP contribution in [0.1, 0.15) is 11.1 Å². The van der Waals surface area contributed by atoms with Crippen molar-refractivity contribution in [1.29, 1.82) is 0 Å². The first kappa shape index (κ1) is 24.8. The SMILES string of the molecule is COc1ccc(/C=C\c2cc(OC)c(OC)c(OC)c2)c(NS(=O)(=O)c2ccc(F)cc2)c1F. The van der Waals surface area contributed by atoms with E-state index in [0.717, 1.165) is 24.3 Å². The van der Waals surface area contributed by atoms with E-state index in [4.69, 9.17) is 18.9 Å². The van der Waals surface area contributed by atoms with E-state index in [0.29, 0.717) is 22.8 Å². The van der Waals surface area contributed by atoms with Crippen molar-refractivity contribution in [3.8, 4) is 23.0 Å². The van der Waals surface area contributed by atoms with E-state index in [1.807, 2.05) is 0 Å². The molecule has 0 amide bonds. The van der Waals surface area contributed by atoms with Crippen LogP contribution >= 0.6 is 0 Å². The molecule has 0 aromatic heterocycles. The molecule has 180 valence electrons. The second kappa shape index (κ2) is 10.4. The van der Waals surface area contributed by atoms with Crippen LogP contribution in [0.15, 0.2) is 53.4 Å². The Hall–Kier alpha value is -3.79. The van der Waals surface area contributed by atoms with Gasteiger partial charge in [0, 0.05) is 5.56 Å². The van der Waals surface area contributed by atoms with E-state index < -0.39 is 21.7 Å². The van der Waals surface area contributed by atoms with Gasteiger partial charge in [0.2, 0.25) is 5.75 Å². The van der Waals surface area contributed by atoms with E-state index in [9.17, 15) is 12.8 Å². The van der Waals surface area contributed by atoms with Crippen LogP contribution in [-0.4, -0.2) is 36.9 Å². The Morgan fingerprint density at radius 2 is 1.35 bits per heavy atom. The van der Waals surface area contributed by atoms with Gasteiger partial charge in [0.1, 0.15) is 5.82 Å². The largest absolute Gasteiger partial charge is 0.494 e. The zero-order chi connectivity index (χ0) is 24.9. The molecule has 0 heterocycles. The summed E-state index contributed by atoms with van der Waals surface area (Å²) in [7, 11) is 1.49.